The lowest BCUT2D eigenvalue weighted by Gasteiger charge is -2.13. The molecular weight excluding hydrogens is 464 g/mol. The number of ether oxygens (including phenoxy) is 3. The number of methoxy groups -OCH3 is 3. The van der Waals surface area contributed by atoms with Crippen molar-refractivity contribution in [2.45, 2.75) is 4.90 Å². The van der Waals surface area contributed by atoms with E-state index in [-0.39, 0.29) is 21.9 Å². The van der Waals surface area contributed by atoms with Crippen LogP contribution in [0.3, 0.4) is 0 Å². The van der Waals surface area contributed by atoms with Crippen LogP contribution in [-0.4, -0.2) is 41.7 Å². The average molecular weight is 487 g/mol. The van der Waals surface area contributed by atoms with E-state index in [9.17, 15) is 18.0 Å². The minimum absolute atomic E-state index is 0.134. The largest absolute Gasteiger partial charge is 0.497 e. The first-order chi connectivity index (χ1) is 16.2. The quantitative estimate of drug-likeness (QED) is 0.362. The van der Waals surface area contributed by atoms with Crippen LogP contribution < -0.4 is 24.3 Å². The zero-order valence-electron chi connectivity index (χ0n) is 18.5. The van der Waals surface area contributed by atoms with Crippen molar-refractivity contribution in [1.29, 1.82) is 0 Å². The lowest BCUT2D eigenvalue weighted by atomic mass is 10.2. The number of anilines is 2. The summed E-state index contributed by atoms with van der Waals surface area (Å²) < 4.78 is 45.3. The van der Waals surface area contributed by atoms with Gasteiger partial charge >= 0.3 is 22.1 Å². The van der Waals surface area contributed by atoms with Gasteiger partial charge in [0, 0.05) is 11.4 Å². The van der Waals surface area contributed by atoms with Gasteiger partial charge < -0.3 is 29.0 Å². The Morgan fingerprint density at radius 2 is 1.26 bits per heavy atom. The third kappa shape index (κ3) is 5.95. The van der Waals surface area contributed by atoms with Crippen LogP contribution in [0.1, 0.15) is 10.4 Å². The average Bonchev–Trinajstić information content (AvgIpc) is 2.84. The molecule has 34 heavy (non-hydrogen) atoms. The molecule has 0 spiro atoms. The van der Waals surface area contributed by atoms with Crippen molar-refractivity contribution >= 4 is 33.5 Å². The highest BCUT2D eigenvalue weighted by Crippen LogP contribution is 2.28. The van der Waals surface area contributed by atoms with E-state index in [1.54, 1.807) is 24.3 Å². The number of urea groups is 1. The summed E-state index contributed by atoms with van der Waals surface area (Å²) >= 11 is 0. The molecule has 0 bridgehead atoms. The fourth-order valence-corrected chi connectivity index (χ4v) is 3.77. The molecule has 0 saturated carbocycles. The lowest BCUT2D eigenvalue weighted by Crippen LogP contribution is -2.20. The van der Waals surface area contributed by atoms with Gasteiger partial charge in [-0.05, 0) is 66.7 Å². The van der Waals surface area contributed by atoms with Crippen molar-refractivity contribution in [3.8, 4) is 17.2 Å². The molecule has 2 amide bonds. The second-order valence-electron chi connectivity index (χ2n) is 6.72. The first-order valence-corrected chi connectivity index (χ1v) is 11.2. The molecule has 3 aromatic carbocycles. The monoisotopic (exact) mass is 486 g/mol. The smallest absolute Gasteiger partial charge is 0.341 e. The Morgan fingerprint density at radius 3 is 1.82 bits per heavy atom. The minimum Gasteiger partial charge on any atom is -0.497 e. The summed E-state index contributed by atoms with van der Waals surface area (Å²) in [7, 11) is -0.133. The molecule has 3 aromatic rings. The van der Waals surface area contributed by atoms with E-state index in [1.807, 2.05) is 0 Å². The predicted molar refractivity (Wildman–Crippen MR) is 124 cm³/mol. The van der Waals surface area contributed by atoms with Crippen molar-refractivity contribution in [3.05, 3.63) is 72.3 Å². The number of rotatable bonds is 8. The van der Waals surface area contributed by atoms with Crippen LogP contribution in [0.5, 0.6) is 17.2 Å². The Kier molecular flexibility index (Phi) is 7.59. The predicted octanol–water partition coefficient (Wildman–Crippen LogP) is 3.90. The van der Waals surface area contributed by atoms with Crippen LogP contribution in [0, 0.1) is 0 Å². The molecule has 10 nitrogen and oxygen atoms in total. The number of hydrogen-bond donors (Lipinski definition) is 2. The molecule has 178 valence electrons. The standard InChI is InChI=1S/C23H22N2O8S/c1-30-17-7-4-15(5-8-17)24-23(27)25-16-6-13-21(20(14-16)22(26)32-3)33-34(28,29)19-11-9-18(31-2)10-12-19/h4-14H,1-3H3,(H2,24,25,27). The summed E-state index contributed by atoms with van der Waals surface area (Å²) in [5.41, 5.74) is 0.527. The maximum Gasteiger partial charge on any atom is 0.341 e. The number of benzene rings is 3. The third-order valence-electron chi connectivity index (χ3n) is 4.54. The third-order valence-corrected chi connectivity index (χ3v) is 5.79. The number of carbonyl (C=O) groups excluding carboxylic acids is 2. The number of esters is 1. The highest BCUT2D eigenvalue weighted by Gasteiger charge is 2.22. The molecule has 0 radical (unpaired) electrons. The number of amides is 2. The Labute approximate surface area is 196 Å². The Balaban J connectivity index is 1.80. The highest BCUT2D eigenvalue weighted by atomic mass is 32.2. The second kappa shape index (κ2) is 10.6. The SMILES string of the molecule is COC(=O)c1cc(NC(=O)Nc2ccc(OC)cc2)ccc1OS(=O)(=O)c1ccc(OC)cc1. The topological polar surface area (TPSA) is 129 Å². The molecule has 0 aliphatic heterocycles. The first kappa shape index (κ1) is 24.4. The van der Waals surface area contributed by atoms with Crippen LogP contribution in [-0.2, 0) is 14.9 Å². The van der Waals surface area contributed by atoms with Gasteiger partial charge in [0.15, 0.2) is 5.75 Å². The van der Waals surface area contributed by atoms with E-state index < -0.39 is 22.1 Å². The van der Waals surface area contributed by atoms with Crippen LogP contribution in [0.25, 0.3) is 0 Å². The molecule has 0 atom stereocenters. The molecule has 0 aliphatic rings. The van der Waals surface area contributed by atoms with E-state index >= 15 is 0 Å². The van der Waals surface area contributed by atoms with Gasteiger partial charge in [0.25, 0.3) is 0 Å². The van der Waals surface area contributed by atoms with Crippen molar-refractivity contribution in [2.24, 2.45) is 0 Å². The fourth-order valence-electron chi connectivity index (χ4n) is 2.83. The zero-order valence-corrected chi connectivity index (χ0v) is 19.3. The summed E-state index contributed by atoms with van der Waals surface area (Å²) in [5, 5.41) is 5.19. The Morgan fingerprint density at radius 1 is 0.735 bits per heavy atom. The van der Waals surface area contributed by atoms with Crippen molar-refractivity contribution < 1.29 is 36.4 Å². The first-order valence-electron chi connectivity index (χ1n) is 9.78. The van der Waals surface area contributed by atoms with Gasteiger partial charge in [-0.2, -0.15) is 8.42 Å². The van der Waals surface area contributed by atoms with Crippen LogP contribution in [0.4, 0.5) is 16.2 Å². The van der Waals surface area contributed by atoms with E-state index in [1.165, 1.54) is 56.7 Å². The molecule has 0 aliphatic carbocycles. The highest BCUT2D eigenvalue weighted by molar-refractivity contribution is 7.87. The molecular formula is C23H22N2O8S. The summed E-state index contributed by atoms with van der Waals surface area (Å²) in [4.78, 5) is 24.5. The Bertz CT molecular complexity index is 1270. The molecule has 2 N–H and O–H groups in total. The van der Waals surface area contributed by atoms with Gasteiger partial charge in [-0.1, -0.05) is 0 Å². The maximum atomic E-state index is 12.7. The van der Waals surface area contributed by atoms with Gasteiger partial charge in [0.2, 0.25) is 0 Å². The van der Waals surface area contributed by atoms with E-state index in [0.29, 0.717) is 17.2 Å². The summed E-state index contributed by atoms with van der Waals surface area (Å²) in [6, 6.07) is 15.5. The normalized spacial score (nSPS) is 10.7. The molecule has 0 heterocycles. The number of nitrogens with one attached hydrogen (secondary N) is 2. The summed E-state index contributed by atoms with van der Waals surface area (Å²) in [6.07, 6.45) is 0. The lowest BCUT2D eigenvalue weighted by molar-refractivity contribution is 0.0599. The van der Waals surface area contributed by atoms with Gasteiger partial charge in [0.1, 0.15) is 22.0 Å². The van der Waals surface area contributed by atoms with Crippen molar-refractivity contribution in [1.82, 2.24) is 0 Å². The van der Waals surface area contributed by atoms with E-state index in [0.717, 1.165) is 7.11 Å². The zero-order chi connectivity index (χ0) is 24.7. The van der Waals surface area contributed by atoms with Crippen LogP contribution in [0.15, 0.2) is 71.6 Å². The van der Waals surface area contributed by atoms with Crippen molar-refractivity contribution in [2.75, 3.05) is 32.0 Å². The molecule has 0 aromatic heterocycles. The van der Waals surface area contributed by atoms with E-state index in [2.05, 4.69) is 10.6 Å². The maximum absolute atomic E-state index is 12.7. The molecule has 0 unspecified atom stereocenters. The minimum atomic E-state index is -4.26. The van der Waals surface area contributed by atoms with Gasteiger partial charge in [-0.25, -0.2) is 9.59 Å². The Hall–Kier alpha value is -4.25. The number of hydrogen-bond acceptors (Lipinski definition) is 8. The summed E-state index contributed by atoms with van der Waals surface area (Å²) in [5.74, 6) is -0.00525. The van der Waals surface area contributed by atoms with Crippen LogP contribution >= 0.6 is 0 Å². The van der Waals surface area contributed by atoms with Crippen LogP contribution in [0.2, 0.25) is 0 Å². The van der Waals surface area contributed by atoms with Gasteiger partial charge in [-0.15, -0.1) is 0 Å². The molecule has 0 saturated heterocycles. The fraction of sp³-hybridized carbons (Fsp3) is 0.130. The van der Waals surface area contributed by atoms with Gasteiger partial charge in [0.05, 0.1) is 21.3 Å². The molecule has 0 fully saturated rings. The van der Waals surface area contributed by atoms with Gasteiger partial charge in [-0.3, -0.25) is 0 Å². The summed E-state index contributed by atoms with van der Waals surface area (Å²) in [6.45, 7) is 0. The number of carbonyl (C=O) groups is 2. The second-order valence-corrected chi connectivity index (χ2v) is 8.27. The van der Waals surface area contributed by atoms with Crippen molar-refractivity contribution in [3.63, 3.8) is 0 Å². The molecule has 11 heteroatoms. The van der Waals surface area contributed by atoms with E-state index in [4.69, 9.17) is 18.4 Å². The molecule has 3 rings (SSSR count).